The van der Waals surface area contributed by atoms with Gasteiger partial charge in [-0.3, -0.25) is 0 Å². The number of allylic oxidation sites excluding steroid dienone is 3. The lowest BCUT2D eigenvalue weighted by Gasteiger charge is -2.11. The Morgan fingerprint density at radius 3 is 2.44 bits per heavy atom. The van der Waals surface area contributed by atoms with Crippen LogP contribution in [0.15, 0.2) is 45.1 Å². The second-order valence-electron chi connectivity index (χ2n) is 4.05. The molecular formula is C16H26N2. The molecule has 18 heavy (non-hydrogen) atoms. The van der Waals surface area contributed by atoms with Gasteiger partial charge < -0.3 is 0 Å². The zero-order valence-corrected chi connectivity index (χ0v) is 12.8. The third-order valence-corrected chi connectivity index (χ3v) is 2.75. The molecule has 1 rings (SSSR count). The van der Waals surface area contributed by atoms with Crippen molar-refractivity contribution in [2.45, 2.75) is 54.9 Å². The van der Waals surface area contributed by atoms with Gasteiger partial charge in [0.2, 0.25) is 0 Å². The molecule has 0 saturated carbocycles. The molecule has 0 saturated heterocycles. The van der Waals surface area contributed by atoms with Crippen LogP contribution in [0, 0.1) is 0 Å². The maximum Gasteiger partial charge on any atom is 0.159 e. The minimum Gasteiger partial charge on any atom is -0.237 e. The van der Waals surface area contributed by atoms with E-state index in [2.05, 4.69) is 36.8 Å². The topological polar surface area (TPSA) is 24.7 Å². The van der Waals surface area contributed by atoms with Gasteiger partial charge in [-0.2, -0.15) is 0 Å². The largest absolute Gasteiger partial charge is 0.237 e. The van der Waals surface area contributed by atoms with Crippen molar-refractivity contribution >= 4 is 11.5 Å². The van der Waals surface area contributed by atoms with Crippen molar-refractivity contribution in [3.63, 3.8) is 0 Å². The molecule has 0 amide bonds. The lowest BCUT2D eigenvalue weighted by atomic mass is 10.0. The van der Waals surface area contributed by atoms with Crippen molar-refractivity contribution in [1.82, 2.24) is 0 Å². The first-order valence-electron chi connectivity index (χ1n) is 6.72. The van der Waals surface area contributed by atoms with Crippen molar-refractivity contribution < 1.29 is 0 Å². The summed E-state index contributed by atoms with van der Waals surface area (Å²) in [5.74, 6) is 0.818. The van der Waals surface area contributed by atoms with Crippen LogP contribution in [0.4, 0.5) is 0 Å². The van der Waals surface area contributed by atoms with Gasteiger partial charge in [0.05, 0.1) is 0 Å². The zero-order chi connectivity index (χ0) is 14.1. The molecular weight excluding hydrogens is 220 g/mol. The Labute approximate surface area is 112 Å². The molecule has 2 heteroatoms. The van der Waals surface area contributed by atoms with Crippen LogP contribution in [0.1, 0.15) is 54.9 Å². The second kappa shape index (κ2) is 8.62. The summed E-state index contributed by atoms with van der Waals surface area (Å²) in [5.41, 5.74) is 4.63. The predicted octanol–water partition coefficient (Wildman–Crippen LogP) is 5.09. The smallest absolute Gasteiger partial charge is 0.159 e. The number of amidine groups is 1. The maximum atomic E-state index is 4.51. The first-order chi connectivity index (χ1) is 8.58. The van der Waals surface area contributed by atoms with Crippen LogP contribution in [0.25, 0.3) is 0 Å². The Kier molecular flexibility index (Phi) is 7.93. The summed E-state index contributed by atoms with van der Waals surface area (Å²) < 4.78 is 0. The Bertz CT molecular complexity index is 418. The first-order valence-corrected chi connectivity index (χ1v) is 6.72. The van der Waals surface area contributed by atoms with Crippen molar-refractivity contribution in [3.8, 4) is 0 Å². The number of hydrogen-bond donors (Lipinski definition) is 0. The fraction of sp³-hybridized carbons (Fsp3) is 0.500. The van der Waals surface area contributed by atoms with Crippen LogP contribution in [-0.2, 0) is 0 Å². The fourth-order valence-electron chi connectivity index (χ4n) is 1.29. The molecule has 2 nitrogen and oxygen atoms in total. The summed E-state index contributed by atoms with van der Waals surface area (Å²) in [4.78, 5) is 8.95. The van der Waals surface area contributed by atoms with E-state index in [9.17, 15) is 0 Å². The van der Waals surface area contributed by atoms with Crippen LogP contribution in [0.2, 0.25) is 0 Å². The Morgan fingerprint density at radius 2 is 1.94 bits per heavy atom. The number of rotatable bonds is 2. The molecule has 0 spiro atoms. The minimum atomic E-state index is 0.818. The highest BCUT2D eigenvalue weighted by Crippen LogP contribution is 2.15. The highest BCUT2D eigenvalue weighted by atomic mass is 14.9. The molecule has 0 bridgehead atoms. The number of aliphatic imine (C=N–C) groups is 2. The summed E-state index contributed by atoms with van der Waals surface area (Å²) in [5, 5.41) is 0. The molecule has 0 aromatic carbocycles. The fourth-order valence-corrected chi connectivity index (χ4v) is 1.29. The van der Waals surface area contributed by atoms with Gasteiger partial charge in [0.1, 0.15) is 0 Å². The summed E-state index contributed by atoms with van der Waals surface area (Å²) in [6, 6.07) is 0. The van der Waals surface area contributed by atoms with E-state index in [0.29, 0.717) is 0 Å². The third kappa shape index (κ3) is 4.82. The van der Waals surface area contributed by atoms with E-state index in [-0.39, 0.29) is 0 Å². The van der Waals surface area contributed by atoms with E-state index in [0.717, 1.165) is 23.5 Å². The first kappa shape index (κ1) is 16.6. The third-order valence-electron chi connectivity index (χ3n) is 2.75. The second-order valence-corrected chi connectivity index (χ2v) is 4.05. The summed E-state index contributed by atoms with van der Waals surface area (Å²) in [6.45, 7) is 14.3. The van der Waals surface area contributed by atoms with Gasteiger partial charge in [0.25, 0.3) is 0 Å². The van der Waals surface area contributed by atoms with Gasteiger partial charge in [-0.05, 0) is 45.8 Å². The van der Waals surface area contributed by atoms with Crippen LogP contribution in [0.3, 0.4) is 0 Å². The molecule has 1 aliphatic heterocycles. The quantitative estimate of drug-likeness (QED) is 0.648. The van der Waals surface area contributed by atoms with Gasteiger partial charge in [-0.15, -0.1) is 0 Å². The standard InChI is InChI=1S/C14H20N2.C2H6/c1-6-10(3)9-15-14-13(7-2)8-11(4)12(5)16-14;1-2/h7-9H,6H2,1-5H3;1-2H3/b10-9+,13-7-,15-14-;. The van der Waals surface area contributed by atoms with E-state index in [1.165, 1.54) is 11.1 Å². The molecule has 0 aromatic heterocycles. The van der Waals surface area contributed by atoms with E-state index in [4.69, 9.17) is 0 Å². The highest BCUT2D eigenvalue weighted by molar-refractivity contribution is 6.16. The van der Waals surface area contributed by atoms with Crippen molar-refractivity contribution in [1.29, 1.82) is 0 Å². The number of hydrogen-bond acceptors (Lipinski definition) is 1. The molecule has 0 radical (unpaired) electrons. The summed E-state index contributed by atoms with van der Waals surface area (Å²) in [7, 11) is 0. The highest BCUT2D eigenvalue weighted by Gasteiger charge is 2.10. The summed E-state index contributed by atoms with van der Waals surface area (Å²) >= 11 is 0. The molecule has 1 heterocycles. The van der Waals surface area contributed by atoms with Gasteiger partial charge in [-0.25, -0.2) is 9.98 Å². The number of nitrogens with zero attached hydrogens (tertiary/aromatic N) is 2. The zero-order valence-electron chi connectivity index (χ0n) is 12.8. The average molecular weight is 246 g/mol. The molecule has 1 aliphatic rings. The van der Waals surface area contributed by atoms with Gasteiger partial charge in [0, 0.05) is 17.5 Å². The van der Waals surface area contributed by atoms with Gasteiger partial charge in [0.15, 0.2) is 5.84 Å². The lowest BCUT2D eigenvalue weighted by Crippen LogP contribution is -2.09. The van der Waals surface area contributed by atoms with Crippen molar-refractivity contribution in [3.05, 3.63) is 35.1 Å². The molecule has 100 valence electrons. The molecule has 0 aliphatic carbocycles. The Hall–Kier alpha value is -1.44. The van der Waals surface area contributed by atoms with Crippen LogP contribution in [-0.4, -0.2) is 11.5 Å². The van der Waals surface area contributed by atoms with Gasteiger partial charge >= 0.3 is 0 Å². The minimum absolute atomic E-state index is 0.818. The van der Waals surface area contributed by atoms with E-state index >= 15 is 0 Å². The molecule has 0 N–H and O–H groups in total. The lowest BCUT2D eigenvalue weighted by molar-refractivity contribution is 1.09. The van der Waals surface area contributed by atoms with Crippen molar-refractivity contribution in [2.75, 3.05) is 0 Å². The van der Waals surface area contributed by atoms with E-state index in [1.54, 1.807) is 0 Å². The molecule has 0 aromatic rings. The monoisotopic (exact) mass is 246 g/mol. The van der Waals surface area contributed by atoms with Crippen LogP contribution >= 0.6 is 0 Å². The van der Waals surface area contributed by atoms with E-state index < -0.39 is 0 Å². The van der Waals surface area contributed by atoms with Crippen molar-refractivity contribution in [2.24, 2.45) is 9.98 Å². The molecule has 0 fully saturated rings. The molecule has 0 atom stereocenters. The SMILES string of the molecule is C/C=C1/C=C(C)C(C)=N/C1=N\C=C(/C)CC.CC. The summed E-state index contributed by atoms with van der Waals surface area (Å²) in [6.07, 6.45) is 7.12. The maximum absolute atomic E-state index is 4.51. The van der Waals surface area contributed by atoms with Gasteiger partial charge in [-0.1, -0.05) is 32.4 Å². The Morgan fingerprint density at radius 1 is 1.33 bits per heavy atom. The van der Waals surface area contributed by atoms with Crippen LogP contribution < -0.4 is 0 Å². The van der Waals surface area contributed by atoms with Crippen LogP contribution in [0.5, 0.6) is 0 Å². The predicted molar refractivity (Wildman–Crippen MR) is 83.5 cm³/mol. The van der Waals surface area contributed by atoms with E-state index in [1.807, 2.05) is 40.0 Å². The normalized spacial score (nSPS) is 20.3. The Balaban J connectivity index is 0.00000137. The average Bonchev–Trinajstić information content (AvgIpc) is 2.41. The molecule has 0 unspecified atom stereocenters. The number of dihydropyridines is 1.